The van der Waals surface area contributed by atoms with E-state index in [1.54, 1.807) is 7.11 Å². The number of rotatable bonds is 7. The molecule has 1 fully saturated rings. The van der Waals surface area contributed by atoms with Crippen LogP contribution in [0.4, 0.5) is 4.39 Å². The Bertz CT molecular complexity index is 1010. The maximum atomic E-state index is 14.2. The van der Waals surface area contributed by atoms with Gasteiger partial charge in [0.2, 0.25) is 0 Å². The third-order valence-corrected chi connectivity index (χ3v) is 5.64. The molecule has 3 aromatic rings. The molecule has 1 aromatic heterocycles. The molecule has 2 unspecified atom stereocenters. The lowest BCUT2D eigenvalue weighted by atomic mass is 9.99. The molecular weight excluding hydrogens is 431 g/mol. The predicted molar refractivity (Wildman–Crippen MR) is 124 cm³/mol. The Kier molecular flexibility index (Phi) is 8.29. The highest BCUT2D eigenvalue weighted by Crippen LogP contribution is 2.32. The van der Waals surface area contributed by atoms with Crippen LogP contribution < -0.4 is 4.74 Å². The van der Waals surface area contributed by atoms with Crippen molar-refractivity contribution in [2.45, 2.75) is 51.4 Å². The number of halogens is 2. The summed E-state index contributed by atoms with van der Waals surface area (Å²) in [6.45, 7) is 5.22. The van der Waals surface area contributed by atoms with E-state index in [0.717, 1.165) is 29.1 Å². The molecule has 2 atom stereocenters. The smallest absolute Gasteiger partial charge is 0.127 e. The monoisotopic (exact) mass is 460 g/mol. The maximum absolute atomic E-state index is 14.2. The van der Waals surface area contributed by atoms with Gasteiger partial charge < -0.3 is 18.8 Å². The number of methoxy groups -OCH3 is 1. The molecule has 0 saturated carbocycles. The zero-order valence-corrected chi connectivity index (χ0v) is 19.5. The SMILES string of the molecule is COC1CCOC(c2cc(F)cc(OCc3ccc(-n4ccnc4C(C)C)cc3)c2)C1.Cl. The lowest BCUT2D eigenvalue weighted by Gasteiger charge is -2.29. The summed E-state index contributed by atoms with van der Waals surface area (Å²) in [5.74, 6) is 1.54. The summed E-state index contributed by atoms with van der Waals surface area (Å²) in [7, 11) is 1.70. The molecule has 0 amide bonds. The lowest BCUT2D eigenvalue weighted by Crippen LogP contribution is -2.25. The molecule has 32 heavy (non-hydrogen) atoms. The number of ether oxygens (including phenoxy) is 3. The molecule has 172 valence electrons. The number of imidazole rings is 1. The highest BCUT2D eigenvalue weighted by atomic mass is 35.5. The molecule has 5 nitrogen and oxygen atoms in total. The third kappa shape index (κ3) is 5.68. The Labute approximate surface area is 194 Å². The van der Waals surface area contributed by atoms with Gasteiger partial charge in [-0.1, -0.05) is 26.0 Å². The van der Waals surface area contributed by atoms with Crippen molar-refractivity contribution < 1.29 is 18.6 Å². The topological polar surface area (TPSA) is 45.5 Å². The van der Waals surface area contributed by atoms with Crippen LogP contribution in [0.15, 0.2) is 54.9 Å². The average Bonchev–Trinajstić information content (AvgIpc) is 3.28. The van der Waals surface area contributed by atoms with Gasteiger partial charge in [0.15, 0.2) is 0 Å². The molecule has 0 spiro atoms. The van der Waals surface area contributed by atoms with Crippen molar-refractivity contribution >= 4 is 12.4 Å². The Balaban J connectivity index is 0.00000289. The minimum atomic E-state index is -0.327. The Morgan fingerprint density at radius 2 is 1.97 bits per heavy atom. The second-order valence-electron chi connectivity index (χ2n) is 8.23. The van der Waals surface area contributed by atoms with Crippen LogP contribution >= 0.6 is 12.4 Å². The quantitative estimate of drug-likeness (QED) is 0.433. The van der Waals surface area contributed by atoms with E-state index >= 15 is 0 Å². The maximum Gasteiger partial charge on any atom is 0.127 e. The van der Waals surface area contributed by atoms with Gasteiger partial charge in [0.25, 0.3) is 0 Å². The van der Waals surface area contributed by atoms with Gasteiger partial charge in [0, 0.05) is 50.2 Å². The highest BCUT2D eigenvalue weighted by molar-refractivity contribution is 5.85. The fourth-order valence-corrected chi connectivity index (χ4v) is 3.95. The summed E-state index contributed by atoms with van der Waals surface area (Å²) in [4.78, 5) is 4.44. The second kappa shape index (κ2) is 10.9. The number of benzene rings is 2. The number of hydrogen-bond acceptors (Lipinski definition) is 4. The van der Waals surface area contributed by atoms with E-state index in [-0.39, 0.29) is 30.4 Å². The van der Waals surface area contributed by atoms with Crippen molar-refractivity contribution in [1.29, 1.82) is 0 Å². The molecule has 2 heterocycles. The number of nitrogens with zero attached hydrogens (tertiary/aromatic N) is 2. The van der Waals surface area contributed by atoms with Gasteiger partial charge in [-0.15, -0.1) is 12.4 Å². The molecule has 0 aliphatic carbocycles. The van der Waals surface area contributed by atoms with E-state index in [1.165, 1.54) is 12.1 Å². The van der Waals surface area contributed by atoms with Crippen molar-refractivity contribution in [3.63, 3.8) is 0 Å². The minimum Gasteiger partial charge on any atom is -0.489 e. The molecule has 4 rings (SSSR count). The fourth-order valence-electron chi connectivity index (χ4n) is 3.95. The number of aromatic nitrogens is 2. The summed E-state index contributed by atoms with van der Waals surface area (Å²) in [6, 6.07) is 12.9. The summed E-state index contributed by atoms with van der Waals surface area (Å²) in [5, 5.41) is 0. The molecule has 0 radical (unpaired) electrons. The first kappa shape index (κ1) is 24.2. The predicted octanol–water partition coefficient (Wildman–Crippen LogP) is 6.00. The van der Waals surface area contributed by atoms with Crippen molar-refractivity contribution in [2.75, 3.05) is 13.7 Å². The molecule has 2 aromatic carbocycles. The largest absolute Gasteiger partial charge is 0.489 e. The van der Waals surface area contributed by atoms with Gasteiger partial charge in [-0.3, -0.25) is 0 Å². The number of hydrogen-bond donors (Lipinski definition) is 0. The van der Waals surface area contributed by atoms with Crippen LogP contribution in [-0.2, 0) is 16.1 Å². The van der Waals surface area contributed by atoms with Crippen molar-refractivity contribution in [3.8, 4) is 11.4 Å². The zero-order chi connectivity index (χ0) is 21.8. The molecule has 1 saturated heterocycles. The van der Waals surface area contributed by atoms with Crippen LogP contribution in [0.1, 0.15) is 55.7 Å². The summed E-state index contributed by atoms with van der Waals surface area (Å²) in [6.07, 6.45) is 5.32. The van der Waals surface area contributed by atoms with Crippen LogP contribution in [0.25, 0.3) is 5.69 Å². The van der Waals surface area contributed by atoms with E-state index < -0.39 is 0 Å². The Morgan fingerprint density at radius 1 is 1.19 bits per heavy atom. The van der Waals surface area contributed by atoms with Gasteiger partial charge in [0.05, 0.1) is 12.2 Å². The van der Waals surface area contributed by atoms with Gasteiger partial charge in [-0.05, 0) is 41.8 Å². The van der Waals surface area contributed by atoms with Gasteiger partial charge in [0.1, 0.15) is 24.0 Å². The van der Waals surface area contributed by atoms with E-state index in [1.807, 2.05) is 42.7 Å². The first-order valence-corrected chi connectivity index (χ1v) is 10.7. The van der Waals surface area contributed by atoms with E-state index in [2.05, 4.69) is 23.4 Å². The third-order valence-electron chi connectivity index (χ3n) is 5.64. The summed E-state index contributed by atoms with van der Waals surface area (Å²) < 4.78 is 33.5. The average molecular weight is 461 g/mol. The summed E-state index contributed by atoms with van der Waals surface area (Å²) in [5.41, 5.74) is 2.85. The fraction of sp³-hybridized carbons (Fsp3) is 0.400. The van der Waals surface area contributed by atoms with E-state index in [4.69, 9.17) is 14.2 Å². The van der Waals surface area contributed by atoms with Crippen molar-refractivity contribution in [1.82, 2.24) is 9.55 Å². The highest BCUT2D eigenvalue weighted by Gasteiger charge is 2.24. The van der Waals surface area contributed by atoms with Crippen molar-refractivity contribution in [2.24, 2.45) is 0 Å². The van der Waals surface area contributed by atoms with E-state index in [0.29, 0.717) is 31.3 Å². The van der Waals surface area contributed by atoms with Gasteiger partial charge in [-0.2, -0.15) is 0 Å². The molecule has 1 aliphatic heterocycles. The second-order valence-corrected chi connectivity index (χ2v) is 8.23. The molecule has 0 N–H and O–H groups in total. The van der Waals surface area contributed by atoms with Crippen LogP contribution in [-0.4, -0.2) is 29.4 Å². The molecule has 0 bridgehead atoms. The normalized spacial score (nSPS) is 18.4. The Hall–Kier alpha value is -2.41. The first-order valence-electron chi connectivity index (χ1n) is 10.7. The van der Waals surface area contributed by atoms with E-state index in [9.17, 15) is 4.39 Å². The Morgan fingerprint density at radius 3 is 2.69 bits per heavy atom. The van der Waals surface area contributed by atoms with Crippen molar-refractivity contribution in [3.05, 3.63) is 77.6 Å². The zero-order valence-electron chi connectivity index (χ0n) is 18.7. The molecular formula is C25H30ClFN2O3. The van der Waals surface area contributed by atoms with Crippen LogP contribution in [0.3, 0.4) is 0 Å². The van der Waals surface area contributed by atoms with Crippen LogP contribution in [0.5, 0.6) is 5.75 Å². The lowest BCUT2D eigenvalue weighted by molar-refractivity contribution is -0.0600. The van der Waals surface area contributed by atoms with Gasteiger partial charge in [-0.25, -0.2) is 9.37 Å². The van der Waals surface area contributed by atoms with Crippen LogP contribution in [0, 0.1) is 5.82 Å². The first-order chi connectivity index (χ1) is 15.0. The molecule has 7 heteroatoms. The standard InChI is InChI=1S/C25H29FN2O3.ClH/c1-17(2)25-27-9-10-28(25)21-6-4-18(5-7-21)16-31-23-13-19(12-20(26)14-23)24-15-22(29-3)8-11-30-24;/h4-7,9-10,12-14,17,22,24H,8,11,15-16H2,1-3H3;1H. The minimum absolute atomic E-state index is 0. The summed E-state index contributed by atoms with van der Waals surface area (Å²) >= 11 is 0. The van der Waals surface area contributed by atoms with Crippen LogP contribution in [0.2, 0.25) is 0 Å². The molecule has 1 aliphatic rings. The van der Waals surface area contributed by atoms with Gasteiger partial charge >= 0.3 is 0 Å².